The summed E-state index contributed by atoms with van der Waals surface area (Å²) in [6.07, 6.45) is 1.40. The number of fused-ring (bicyclic) bond motifs is 1. The lowest BCUT2D eigenvalue weighted by atomic mass is 10.1. The van der Waals surface area contributed by atoms with Crippen LogP contribution in [-0.4, -0.2) is 14.9 Å². The van der Waals surface area contributed by atoms with Crippen molar-refractivity contribution in [1.82, 2.24) is 9.78 Å². The second kappa shape index (κ2) is 2.85. The monoisotopic (exact) mass is 176 g/mol. The molecule has 2 aromatic rings. The molecule has 3 heteroatoms. The summed E-state index contributed by atoms with van der Waals surface area (Å²) in [5.41, 5.74) is 1.98. The van der Waals surface area contributed by atoms with Crippen molar-refractivity contribution in [1.29, 1.82) is 0 Å². The Hall–Kier alpha value is -1.35. The zero-order valence-electron chi connectivity index (χ0n) is 7.73. The average Bonchev–Trinajstić information content (AvgIpc) is 2.47. The van der Waals surface area contributed by atoms with E-state index in [9.17, 15) is 5.11 Å². The molecule has 2 rings (SSSR count). The summed E-state index contributed by atoms with van der Waals surface area (Å²) < 4.78 is 1.81. The van der Waals surface area contributed by atoms with E-state index < -0.39 is 6.10 Å². The van der Waals surface area contributed by atoms with Crippen LogP contribution in [-0.2, 0) is 7.05 Å². The maximum absolute atomic E-state index is 9.38. The zero-order chi connectivity index (χ0) is 9.42. The third-order valence-electron chi connectivity index (χ3n) is 2.26. The van der Waals surface area contributed by atoms with E-state index in [1.165, 1.54) is 0 Å². The Kier molecular flexibility index (Phi) is 1.81. The first-order valence-corrected chi connectivity index (χ1v) is 4.28. The number of aliphatic hydroxyl groups excluding tert-OH is 1. The smallest absolute Gasteiger partial charge is 0.0762 e. The highest BCUT2D eigenvalue weighted by Crippen LogP contribution is 2.19. The molecule has 68 valence electrons. The summed E-state index contributed by atoms with van der Waals surface area (Å²) in [7, 11) is 1.90. The van der Waals surface area contributed by atoms with Gasteiger partial charge in [0.25, 0.3) is 0 Å². The molecule has 0 aliphatic heterocycles. The number of aryl methyl sites for hydroxylation is 1. The average molecular weight is 176 g/mol. The molecule has 1 heterocycles. The van der Waals surface area contributed by atoms with Gasteiger partial charge in [-0.25, -0.2) is 0 Å². The Morgan fingerprint density at radius 1 is 1.46 bits per heavy atom. The van der Waals surface area contributed by atoms with Crippen molar-refractivity contribution in [2.24, 2.45) is 7.05 Å². The number of hydrogen-bond donors (Lipinski definition) is 1. The number of rotatable bonds is 1. The lowest BCUT2D eigenvalue weighted by Crippen LogP contribution is -1.93. The largest absolute Gasteiger partial charge is 0.389 e. The third-order valence-corrected chi connectivity index (χ3v) is 2.26. The minimum Gasteiger partial charge on any atom is -0.389 e. The van der Waals surface area contributed by atoms with Gasteiger partial charge in [-0.2, -0.15) is 5.10 Å². The molecule has 1 atom stereocenters. The molecule has 0 radical (unpaired) electrons. The zero-order valence-corrected chi connectivity index (χ0v) is 7.73. The Morgan fingerprint density at radius 2 is 2.23 bits per heavy atom. The molecule has 0 amide bonds. The van der Waals surface area contributed by atoms with E-state index in [4.69, 9.17) is 0 Å². The number of aliphatic hydroxyl groups is 1. The van der Waals surface area contributed by atoms with E-state index >= 15 is 0 Å². The SMILES string of the molecule is C[C@H](O)c1ccc2cnn(C)c2c1. The Bertz CT molecular complexity index is 431. The van der Waals surface area contributed by atoms with Gasteiger partial charge in [0, 0.05) is 12.4 Å². The highest BCUT2D eigenvalue weighted by Gasteiger charge is 2.04. The minimum absolute atomic E-state index is 0.417. The lowest BCUT2D eigenvalue weighted by molar-refractivity contribution is 0.199. The molecular weight excluding hydrogens is 164 g/mol. The van der Waals surface area contributed by atoms with Crippen molar-refractivity contribution < 1.29 is 5.11 Å². The van der Waals surface area contributed by atoms with Crippen LogP contribution in [0, 0.1) is 0 Å². The summed E-state index contributed by atoms with van der Waals surface area (Å²) in [5.74, 6) is 0. The predicted molar refractivity (Wildman–Crippen MR) is 51.3 cm³/mol. The molecule has 0 saturated heterocycles. The van der Waals surface area contributed by atoms with Crippen molar-refractivity contribution in [2.75, 3.05) is 0 Å². The quantitative estimate of drug-likeness (QED) is 0.717. The van der Waals surface area contributed by atoms with E-state index in [0.717, 1.165) is 16.5 Å². The summed E-state index contributed by atoms with van der Waals surface area (Å²) in [6, 6.07) is 5.87. The molecule has 1 aromatic heterocycles. The van der Waals surface area contributed by atoms with E-state index in [1.54, 1.807) is 11.6 Å². The second-order valence-electron chi connectivity index (χ2n) is 3.26. The topological polar surface area (TPSA) is 38.1 Å². The fourth-order valence-electron chi connectivity index (χ4n) is 1.42. The Balaban J connectivity index is 2.66. The van der Waals surface area contributed by atoms with Crippen molar-refractivity contribution >= 4 is 10.9 Å². The highest BCUT2D eigenvalue weighted by atomic mass is 16.3. The van der Waals surface area contributed by atoms with Crippen LogP contribution >= 0.6 is 0 Å². The molecule has 3 nitrogen and oxygen atoms in total. The van der Waals surface area contributed by atoms with Crippen LogP contribution in [0.2, 0.25) is 0 Å². The molecular formula is C10H12N2O. The molecule has 0 aliphatic carbocycles. The van der Waals surface area contributed by atoms with Crippen LogP contribution in [0.15, 0.2) is 24.4 Å². The molecule has 1 N–H and O–H groups in total. The molecule has 0 saturated carbocycles. The predicted octanol–water partition coefficient (Wildman–Crippen LogP) is 1.63. The van der Waals surface area contributed by atoms with Gasteiger partial charge in [-0.15, -0.1) is 0 Å². The van der Waals surface area contributed by atoms with Crippen molar-refractivity contribution in [3.05, 3.63) is 30.0 Å². The van der Waals surface area contributed by atoms with Gasteiger partial charge in [-0.1, -0.05) is 12.1 Å². The number of hydrogen-bond acceptors (Lipinski definition) is 2. The number of benzene rings is 1. The van der Waals surface area contributed by atoms with Crippen LogP contribution in [0.25, 0.3) is 10.9 Å². The van der Waals surface area contributed by atoms with E-state index in [2.05, 4.69) is 5.10 Å². The normalized spacial score (nSPS) is 13.5. The number of aromatic nitrogens is 2. The van der Waals surface area contributed by atoms with Gasteiger partial charge in [0.15, 0.2) is 0 Å². The van der Waals surface area contributed by atoms with Crippen LogP contribution in [0.1, 0.15) is 18.6 Å². The molecule has 0 fully saturated rings. The fraction of sp³-hybridized carbons (Fsp3) is 0.300. The Morgan fingerprint density at radius 3 is 2.92 bits per heavy atom. The maximum Gasteiger partial charge on any atom is 0.0762 e. The van der Waals surface area contributed by atoms with Crippen LogP contribution in [0.5, 0.6) is 0 Å². The van der Waals surface area contributed by atoms with Crippen LogP contribution in [0.4, 0.5) is 0 Å². The van der Waals surface area contributed by atoms with Crippen molar-refractivity contribution in [3.8, 4) is 0 Å². The van der Waals surface area contributed by atoms with Gasteiger partial charge in [0.1, 0.15) is 0 Å². The van der Waals surface area contributed by atoms with Gasteiger partial charge in [-0.3, -0.25) is 4.68 Å². The summed E-state index contributed by atoms with van der Waals surface area (Å²) in [4.78, 5) is 0. The van der Waals surface area contributed by atoms with Gasteiger partial charge in [0.05, 0.1) is 17.8 Å². The second-order valence-corrected chi connectivity index (χ2v) is 3.26. The van der Waals surface area contributed by atoms with Gasteiger partial charge in [0.2, 0.25) is 0 Å². The molecule has 0 aliphatic rings. The first-order valence-electron chi connectivity index (χ1n) is 4.28. The fourth-order valence-corrected chi connectivity index (χ4v) is 1.42. The van der Waals surface area contributed by atoms with E-state index in [-0.39, 0.29) is 0 Å². The van der Waals surface area contributed by atoms with Gasteiger partial charge < -0.3 is 5.11 Å². The molecule has 0 spiro atoms. The molecule has 1 aromatic carbocycles. The molecule has 0 unspecified atom stereocenters. The minimum atomic E-state index is -0.417. The summed E-state index contributed by atoms with van der Waals surface area (Å²) >= 11 is 0. The first-order chi connectivity index (χ1) is 6.18. The van der Waals surface area contributed by atoms with Crippen molar-refractivity contribution in [3.63, 3.8) is 0 Å². The highest BCUT2D eigenvalue weighted by molar-refractivity contribution is 5.79. The summed E-state index contributed by atoms with van der Waals surface area (Å²) in [6.45, 7) is 1.76. The molecule has 13 heavy (non-hydrogen) atoms. The maximum atomic E-state index is 9.38. The molecule has 0 bridgehead atoms. The standard InChI is InChI=1S/C10H12N2O/c1-7(13)8-3-4-9-6-11-12(2)10(9)5-8/h3-7,13H,1-2H3/t7-/m0/s1. The van der Waals surface area contributed by atoms with Crippen LogP contribution in [0.3, 0.4) is 0 Å². The van der Waals surface area contributed by atoms with E-state index in [0.29, 0.717) is 0 Å². The van der Waals surface area contributed by atoms with E-state index in [1.807, 2.05) is 31.4 Å². The van der Waals surface area contributed by atoms with Crippen LogP contribution < -0.4 is 0 Å². The third kappa shape index (κ3) is 1.31. The first kappa shape index (κ1) is 8.26. The summed E-state index contributed by atoms with van der Waals surface area (Å²) in [5, 5.41) is 14.6. The van der Waals surface area contributed by atoms with Gasteiger partial charge >= 0.3 is 0 Å². The lowest BCUT2D eigenvalue weighted by Gasteiger charge is -2.04. The van der Waals surface area contributed by atoms with Gasteiger partial charge in [-0.05, 0) is 18.6 Å². The van der Waals surface area contributed by atoms with Crippen molar-refractivity contribution in [2.45, 2.75) is 13.0 Å². The number of nitrogens with zero attached hydrogens (tertiary/aromatic N) is 2. The Labute approximate surface area is 76.6 Å².